The highest BCUT2D eigenvalue weighted by Crippen LogP contribution is 2.20. The van der Waals surface area contributed by atoms with Crippen molar-refractivity contribution in [3.05, 3.63) is 28.8 Å². The average molecular weight is 311 g/mol. The second kappa shape index (κ2) is 6.21. The number of sulfonamides is 1. The van der Waals surface area contributed by atoms with Gasteiger partial charge in [0.05, 0.1) is 4.90 Å². The Bertz CT molecular complexity index is 514. The minimum atomic E-state index is -3.47. The first-order valence-corrected chi connectivity index (χ1v) is 7.34. The summed E-state index contributed by atoms with van der Waals surface area (Å²) in [5.74, 6) is 0. The van der Waals surface area contributed by atoms with Gasteiger partial charge in [-0.15, -0.1) is 12.4 Å². The number of rotatable bonds is 3. The Hall–Kier alpha value is -0.330. The molecule has 0 bridgehead atoms. The smallest absolute Gasteiger partial charge is 0.241 e. The zero-order chi connectivity index (χ0) is 12.5. The van der Waals surface area contributed by atoms with Gasteiger partial charge < -0.3 is 5.32 Å². The van der Waals surface area contributed by atoms with Gasteiger partial charge in [0.25, 0.3) is 0 Å². The van der Waals surface area contributed by atoms with Crippen LogP contribution in [0.15, 0.2) is 23.1 Å². The Morgan fingerprint density at radius 1 is 1.44 bits per heavy atom. The highest BCUT2D eigenvalue weighted by molar-refractivity contribution is 7.89. The molecule has 0 spiro atoms. The van der Waals surface area contributed by atoms with E-state index in [1.165, 1.54) is 6.07 Å². The molecule has 2 rings (SSSR count). The fourth-order valence-corrected chi connectivity index (χ4v) is 3.68. The van der Waals surface area contributed by atoms with E-state index in [4.69, 9.17) is 11.6 Å². The Morgan fingerprint density at radius 3 is 2.78 bits per heavy atom. The van der Waals surface area contributed by atoms with Gasteiger partial charge in [-0.3, -0.25) is 0 Å². The summed E-state index contributed by atoms with van der Waals surface area (Å²) in [6, 6.07) is 4.86. The second-order valence-electron chi connectivity index (χ2n) is 4.22. The third kappa shape index (κ3) is 3.59. The van der Waals surface area contributed by atoms with Gasteiger partial charge in [0.15, 0.2) is 0 Å². The molecule has 2 N–H and O–H groups in total. The molecule has 0 aliphatic carbocycles. The van der Waals surface area contributed by atoms with Crippen molar-refractivity contribution in [2.24, 2.45) is 0 Å². The van der Waals surface area contributed by atoms with Crippen molar-refractivity contribution in [3.8, 4) is 0 Å². The lowest BCUT2D eigenvalue weighted by Gasteiger charge is -2.13. The molecule has 0 radical (unpaired) electrons. The summed E-state index contributed by atoms with van der Waals surface area (Å²) in [6.07, 6.45) is 0.818. The Morgan fingerprint density at radius 2 is 2.17 bits per heavy atom. The topological polar surface area (TPSA) is 58.2 Å². The molecule has 0 saturated carbocycles. The number of halogens is 2. The van der Waals surface area contributed by atoms with E-state index in [0.29, 0.717) is 17.1 Å². The number of hydrogen-bond donors (Lipinski definition) is 2. The molecule has 1 aromatic rings. The molecule has 4 nitrogen and oxygen atoms in total. The van der Waals surface area contributed by atoms with Gasteiger partial charge >= 0.3 is 0 Å². The molecule has 1 fully saturated rings. The van der Waals surface area contributed by atoms with E-state index in [1.54, 1.807) is 19.1 Å². The zero-order valence-electron chi connectivity index (χ0n) is 9.94. The largest absolute Gasteiger partial charge is 0.315 e. The fraction of sp³-hybridized carbons (Fsp3) is 0.455. The first-order valence-electron chi connectivity index (χ1n) is 5.48. The minimum Gasteiger partial charge on any atom is -0.315 e. The van der Waals surface area contributed by atoms with Crippen molar-refractivity contribution in [2.45, 2.75) is 24.3 Å². The van der Waals surface area contributed by atoms with E-state index >= 15 is 0 Å². The van der Waals surface area contributed by atoms with Crippen LogP contribution in [0.4, 0.5) is 0 Å². The first-order chi connectivity index (χ1) is 7.99. The molecule has 7 heteroatoms. The molecule has 0 amide bonds. The molecule has 18 heavy (non-hydrogen) atoms. The third-order valence-corrected chi connectivity index (χ3v) is 4.72. The maximum Gasteiger partial charge on any atom is 0.241 e. The zero-order valence-corrected chi connectivity index (χ0v) is 12.3. The summed E-state index contributed by atoms with van der Waals surface area (Å²) in [7, 11) is -3.47. The van der Waals surface area contributed by atoms with Crippen LogP contribution in [0, 0.1) is 6.92 Å². The van der Waals surface area contributed by atoms with Gasteiger partial charge in [0, 0.05) is 17.6 Å². The number of benzene rings is 1. The van der Waals surface area contributed by atoms with Gasteiger partial charge in [-0.05, 0) is 37.6 Å². The summed E-state index contributed by atoms with van der Waals surface area (Å²) >= 11 is 5.83. The van der Waals surface area contributed by atoms with Gasteiger partial charge in [-0.1, -0.05) is 17.7 Å². The van der Waals surface area contributed by atoms with Gasteiger partial charge in [0.2, 0.25) is 10.0 Å². The normalized spacial score (nSPS) is 19.6. The molecule has 1 aliphatic rings. The Kier molecular flexibility index (Phi) is 5.43. The lowest BCUT2D eigenvalue weighted by atomic mass is 10.2. The van der Waals surface area contributed by atoms with Crippen LogP contribution in [0.25, 0.3) is 0 Å². The molecule has 1 unspecified atom stereocenters. The average Bonchev–Trinajstić information content (AvgIpc) is 2.73. The van der Waals surface area contributed by atoms with Gasteiger partial charge in [0.1, 0.15) is 0 Å². The maximum absolute atomic E-state index is 12.2. The lowest BCUT2D eigenvalue weighted by Crippen LogP contribution is -2.36. The van der Waals surface area contributed by atoms with Crippen LogP contribution in [0.3, 0.4) is 0 Å². The molecular weight excluding hydrogens is 295 g/mol. The first kappa shape index (κ1) is 15.7. The summed E-state index contributed by atoms with van der Waals surface area (Å²) in [5, 5.41) is 3.55. The lowest BCUT2D eigenvalue weighted by molar-refractivity contribution is 0.559. The van der Waals surface area contributed by atoms with Gasteiger partial charge in [-0.25, -0.2) is 13.1 Å². The highest BCUT2D eigenvalue weighted by Gasteiger charge is 2.23. The van der Waals surface area contributed by atoms with Crippen LogP contribution in [-0.2, 0) is 10.0 Å². The maximum atomic E-state index is 12.2. The molecule has 1 saturated heterocycles. The second-order valence-corrected chi connectivity index (χ2v) is 6.34. The van der Waals surface area contributed by atoms with Crippen LogP contribution in [0.1, 0.15) is 12.0 Å². The standard InChI is InChI=1S/C11H15ClN2O2S.ClH/c1-8-2-3-9(12)6-11(8)17(15,16)14-10-4-5-13-7-10;/h2-3,6,10,13-14H,4-5,7H2,1H3;1H. The van der Waals surface area contributed by atoms with Crippen LogP contribution in [0.5, 0.6) is 0 Å². The monoisotopic (exact) mass is 310 g/mol. The summed E-state index contributed by atoms with van der Waals surface area (Å²) in [6.45, 7) is 3.29. The SMILES string of the molecule is Cc1ccc(Cl)cc1S(=O)(=O)NC1CCNC1.Cl. The molecule has 1 heterocycles. The summed E-state index contributed by atoms with van der Waals surface area (Å²) in [5.41, 5.74) is 0.702. The van der Waals surface area contributed by atoms with Crippen LogP contribution < -0.4 is 10.0 Å². The predicted molar refractivity (Wildman–Crippen MR) is 75.0 cm³/mol. The Labute approximate surface area is 119 Å². The van der Waals surface area contributed by atoms with E-state index in [9.17, 15) is 8.42 Å². The van der Waals surface area contributed by atoms with Crippen molar-refractivity contribution in [2.75, 3.05) is 13.1 Å². The molecule has 1 aromatic carbocycles. The van der Waals surface area contributed by atoms with Gasteiger partial charge in [-0.2, -0.15) is 0 Å². The molecule has 102 valence electrons. The number of nitrogens with one attached hydrogen (secondary N) is 2. The van der Waals surface area contributed by atoms with E-state index in [2.05, 4.69) is 10.0 Å². The quantitative estimate of drug-likeness (QED) is 0.893. The van der Waals surface area contributed by atoms with Crippen LogP contribution >= 0.6 is 24.0 Å². The number of hydrogen-bond acceptors (Lipinski definition) is 3. The van der Waals surface area contributed by atoms with Crippen LogP contribution in [-0.4, -0.2) is 27.5 Å². The van der Waals surface area contributed by atoms with Crippen molar-refractivity contribution < 1.29 is 8.42 Å². The minimum absolute atomic E-state index is 0. The Balaban J connectivity index is 0.00000162. The summed E-state index contributed by atoms with van der Waals surface area (Å²) in [4.78, 5) is 0.261. The van der Waals surface area contributed by atoms with Crippen molar-refractivity contribution in [1.82, 2.24) is 10.0 Å². The van der Waals surface area contributed by atoms with Crippen molar-refractivity contribution in [1.29, 1.82) is 0 Å². The fourth-order valence-electron chi connectivity index (χ4n) is 1.90. The van der Waals surface area contributed by atoms with Crippen molar-refractivity contribution in [3.63, 3.8) is 0 Å². The summed E-state index contributed by atoms with van der Waals surface area (Å²) < 4.78 is 27.0. The highest BCUT2D eigenvalue weighted by atomic mass is 35.5. The van der Waals surface area contributed by atoms with Crippen molar-refractivity contribution >= 4 is 34.0 Å². The third-order valence-electron chi connectivity index (χ3n) is 2.82. The molecule has 1 atom stereocenters. The molecular formula is C11H16Cl2N2O2S. The number of aryl methyl sites for hydroxylation is 1. The molecule has 1 aliphatic heterocycles. The van der Waals surface area contributed by atoms with E-state index in [0.717, 1.165) is 13.0 Å². The van der Waals surface area contributed by atoms with E-state index < -0.39 is 10.0 Å². The molecule has 0 aromatic heterocycles. The van der Waals surface area contributed by atoms with E-state index in [1.807, 2.05) is 0 Å². The van der Waals surface area contributed by atoms with Crippen LogP contribution in [0.2, 0.25) is 5.02 Å². The predicted octanol–water partition coefficient (Wildman–Crippen LogP) is 1.71. The van der Waals surface area contributed by atoms with E-state index in [-0.39, 0.29) is 23.3 Å².